The molecule has 1 aliphatic heterocycles. The van der Waals surface area contributed by atoms with Crippen molar-refractivity contribution in [1.29, 1.82) is 0 Å². The Bertz CT molecular complexity index is 1120. The number of hydrogen-bond acceptors (Lipinski definition) is 4. The number of amides is 2. The van der Waals surface area contributed by atoms with Crippen molar-refractivity contribution in [2.24, 2.45) is 0 Å². The van der Waals surface area contributed by atoms with Crippen molar-refractivity contribution in [1.82, 2.24) is 20.0 Å². The average molecular weight is 464 g/mol. The second-order valence-corrected chi connectivity index (χ2v) is 8.92. The predicted octanol–water partition coefficient (Wildman–Crippen LogP) is 3.97. The Kier molecular flexibility index (Phi) is 7.37. The molecule has 3 aromatic rings. The predicted molar refractivity (Wildman–Crippen MR) is 130 cm³/mol. The van der Waals surface area contributed by atoms with E-state index in [0.717, 1.165) is 37.3 Å². The van der Waals surface area contributed by atoms with Crippen LogP contribution in [0, 0.1) is 5.82 Å². The molecule has 0 aliphatic carbocycles. The van der Waals surface area contributed by atoms with E-state index in [4.69, 9.17) is 0 Å². The van der Waals surface area contributed by atoms with Gasteiger partial charge in [0.15, 0.2) is 0 Å². The lowest BCUT2D eigenvalue weighted by atomic mass is 10.0. The zero-order valence-corrected chi connectivity index (χ0v) is 19.5. The zero-order chi connectivity index (χ0) is 24.1. The van der Waals surface area contributed by atoms with Crippen molar-refractivity contribution in [3.63, 3.8) is 0 Å². The molecule has 2 heterocycles. The number of rotatable bonds is 7. The van der Waals surface area contributed by atoms with Gasteiger partial charge in [0.1, 0.15) is 5.82 Å². The number of anilines is 1. The minimum absolute atomic E-state index is 0.0371. The van der Waals surface area contributed by atoms with Crippen LogP contribution in [0.15, 0.2) is 60.8 Å². The fourth-order valence-electron chi connectivity index (χ4n) is 4.30. The number of piperidine rings is 1. The molecule has 0 atom stereocenters. The third-order valence-corrected chi connectivity index (χ3v) is 6.02. The summed E-state index contributed by atoms with van der Waals surface area (Å²) in [6.45, 7) is 5.81. The van der Waals surface area contributed by atoms with E-state index in [2.05, 4.69) is 20.6 Å². The molecule has 1 aromatic heterocycles. The smallest absolute Gasteiger partial charge is 0.255 e. The van der Waals surface area contributed by atoms with Gasteiger partial charge in [-0.05, 0) is 55.2 Å². The van der Waals surface area contributed by atoms with Crippen molar-refractivity contribution >= 4 is 17.5 Å². The van der Waals surface area contributed by atoms with E-state index in [0.29, 0.717) is 17.8 Å². The van der Waals surface area contributed by atoms with Crippen LogP contribution in [0.5, 0.6) is 0 Å². The maximum Gasteiger partial charge on any atom is 0.255 e. The van der Waals surface area contributed by atoms with E-state index in [1.165, 1.54) is 12.1 Å². The van der Waals surface area contributed by atoms with Crippen molar-refractivity contribution in [3.05, 3.63) is 77.9 Å². The Hall–Kier alpha value is -3.52. The molecule has 1 fully saturated rings. The zero-order valence-electron chi connectivity index (χ0n) is 19.5. The largest absolute Gasteiger partial charge is 0.349 e. The number of para-hydroxylation sites is 1. The normalized spacial score (nSPS) is 14.8. The number of hydrogen-bond donors (Lipinski definition) is 2. The summed E-state index contributed by atoms with van der Waals surface area (Å²) in [4.78, 5) is 27.5. The van der Waals surface area contributed by atoms with Crippen molar-refractivity contribution in [2.75, 3.05) is 25.0 Å². The molecule has 0 bridgehead atoms. The van der Waals surface area contributed by atoms with Crippen LogP contribution in [0.1, 0.15) is 48.7 Å². The van der Waals surface area contributed by atoms with Gasteiger partial charge in [0, 0.05) is 24.8 Å². The van der Waals surface area contributed by atoms with Crippen LogP contribution in [0.2, 0.25) is 0 Å². The molecule has 8 heteroatoms. The summed E-state index contributed by atoms with van der Waals surface area (Å²) >= 11 is 0. The van der Waals surface area contributed by atoms with Gasteiger partial charge < -0.3 is 10.6 Å². The van der Waals surface area contributed by atoms with E-state index < -0.39 is 0 Å². The van der Waals surface area contributed by atoms with Crippen LogP contribution >= 0.6 is 0 Å². The molecule has 0 radical (unpaired) electrons. The number of aromatic nitrogens is 2. The maximum absolute atomic E-state index is 13.3. The number of halogens is 1. The SMILES string of the molecule is CC(C)c1c(C(=O)NC2CCN(CC(=O)Nc3ccccc3)CC2)cnn1-c1ccc(F)cc1. The molecule has 1 saturated heterocycles. The Balaban J connectivity index is 1.33. The van der Waals surface area contributed by atoms with Crippen LogP contribution in [0.3, 0.4) is 0 Å². The Morgan fingerprint density at radius 2 is 1.74 bits per heavy atom. The summed E-state index contributed by atoms with van der Waals surface area (Å²) < 4.78 is 15.0. The molecule has 0 spiro atoms. The van der Waals surface area contributed by atoms with Crippen molar-refractivity contribution < 1.29 is 14.0 Å². The number of benzene rings is 2. The quantitative estimate of drug-likeness (QED) is 0.556. The lowest BCUT2D eigenvalue weighted by Crippen LogP contribution is -2.46. The number of likely N-dealkylation sites (tertiary alicyclic amines) is 1. The molecule has 0 unspecified atom stereocenters. The van der Waals surface area contributed by atoms with Gasteiger partial charge in [0.2, 0.25) is 5.91 Å². The topological polar surface area (TPSA) is 79.3 Å². The molecule has 2 aromatic carbocycles. The van der Waals surface area contributed by atoms with E-state index in [-0.39, 0.29) is 29.6 Å². The van der Waals surface area contributed by atoms with Crippen LogP contribution in [-0.4, -0.2) is 52.2 Å². The van der Waals surface area contributed by atoms with E-state index >= 15 is 0 Å². The monoisotopic (exact) mass is 463 g/mol. The summed E-state index contributed by atoms with van der Waals surface area (Å²) in [7, 11) is 0. The van der Waals surface area contributed by atoms with E-state index in [1.807, 2.05) is 44.2 Å². The first-order valence-corrected chi connectivity index (χ1v) is 11.6. The van der Waals surface area contributed by atoms with E-state index in [9.17, 15) is 14.0 Å². The van der Waals surface area contributed by atoms with Crippen LogP contribution < -0.4 is 10.6 Å². The molecular weight excluding hydrogens is 433 g/mol. The molecule has 2 amide bonds. The molecule has 7 nitrogen and oxygen atoms in total. The Morgan fingerprint density at radius 3 is 2.38 bits per heavy atom. The highest BCUT2D eigenvalue weighted by atomic mass is 19.1. The fraction of sp³-hybridized carbons (Fsp3) is 0.346. The molecule has 2 N–H and O–H groups in total. The highest BCUT2D eigenvalue weighted by molar-refractivity contribution is 5.95. The molecule has 34 heavy (non-hydrogen) atoms. The standard InChI is InChI=1S/C26H30FN5O2/c1-18(2)25-23(16-28-32(25)22-10-8-19(27)9-11-22)26(34)30-21-12-14-31(15-13-21)17-24(33)29-20-6-4-3-5-7-20/h3-11,16,18,21H,12-15,17H2,1-2H3,(H,29,33)(H,30,34). The van der Waals surface area contributed by atoms with Gasteiger partial charge in [-0.1, -0.05) is 32.0 Å². The van der Waals surface area contributed by atoms with Gasteiger partial charge >= 0.3 is 0 Å². The number of carbonyl (C=O) groups is 2. The Morgan fingerprint density at radius 1 is 1.06 bits per heavy atom. The third-order valence-electron chi connectivity index (χ3n) is 6.02. The maximum atomic E-state index is 13.3. The first kappa shape index (κ1) is 23.6. The highest BCUT2D eigenvalue weighted by Gasteiger charge is 2.26. The van der Waals surface area contributed by atoms with Crippen molar-refractivity contribution in [2.45, 2.75) is 38.6 Å². The molecule has 1 aliphatic rings. The summed E-state index contributed by atoms with van der Waals surface area (Å²) in [5.74, 6) is -0.456. The first-order chi connectivity index (χ1) is 16.4. The van der Waals surface area contributed by atoms with Gasteiger partial charge in [0.25, 0.3) is 5.91 Å². The minimum Gasteiger partial charge on any atom is -0.349 e. The van der Waals surface area contributed by atoms with Crippen molar-refractivity contribution in [3.8, 4) is 5.69 Å². The lowest BCUT2D eigenvalue weighted by Gasteiger charge is -2.31. The molecular formula is C26H30FN5O2. The number of nitrogens with zero attached hydrogens (tertiary/aromatic N) is 3. The van der Waals surface area contributed by atoms with E-state index in [1.54, 1.807) is 23.0 Å². The summed E-state index contributed by atoms with van der Waals surface area (Å²) in [5, 5.41) is 10.5. The summed E-state index contributed by atoms with van der Waals surface area (Å²) in [6, 6.07) is 15.5. The van der Waals surface area contributed by atoms with Gasteiger partial charge in [-0.15, -0.1) is 0 Å². The number of carbonyl (C=O) groups excluding carboxylic acids is 2. The average Bonchev–Trinajstić information content (AvgIpc) is 3.27. The molecule has 4 rings (SSSR count). The number of nitrogens with one attached hydrogen (secondary N) is 2. The van der Waals surface area contributed by atoms with Gasteiger partial charge in [-0.2, -0.15) is 5.10 Å². The van der Waals surface area contributed by atoms with Gasteiger partial charge in [-0.3, -0.25) is 14.5 Å². The fourth-order valence-corrected chi connectivity index (χ4v) is 4.30. The molecule has 178 valence electrons. The van der Waals surface area contributed by atoms with Crippen LogP contribution in [0.4, 0.5) is 10.1 Å². The minimum atomic E-state index is -0.316. The second kappa shape index (κ2) is 10.6. The second-order valence-electron chi connectivity index (χ2n) is 8.92. The van der Waals surface area contributed by atoms with Gasteiger partial charge in [-0.25, -0.2) is 9.07 Å². The summed E-state index contributed by atoms with van der Waals surface area (Å²) in [5.41, 5.74) is 2.83. The lowest BCUT2D eigenvalue weighted by molar-refractivity contribution is -0.117. The highest BCUT2D eigenvalue weighted by Crippen LogP contribution is 2.24. The van der Waals surface area contributed by atoms with Crippen LogP contribution in [-0.2, 0) is 4.79 Å². The third kappa shape index (κ3) is 5.69. The molecule has 0 saturated carbocycles. The first-order valence-electron chi connectivity index (χ1n) is 11.6. The summed E-state index contributed by atoms with van der Waals surface area (Å²) in [6.07, 6.45) is 3.12. The van der Waals surface area contributed by atoms with Crippen LogP contribution in [0.25, 0.3) is 5.69 Å². The van der Waals surface area contributed by atoms with Gasteiger partial charge in [0.05, 0.1) is 29.7 Å². The Labute approximate surface area is 199 Å².